The van der Waals surface area contributed by atoms with Crippen molar-refractivity contribution in [3.63, 3.8) is 0 Å². The second kappa shape index (κ2) is 9.15. The Bertz CT molecular complexity index is 1420. The van der Waals surface area contributed by atoms with Crippen molar-refractivity contribution in [1.82, 2.24) is 24.5 Å². The molecule has 0 unspecified atom stereocenters. The van der Waals surface area contributed by atoms with Crippen molar-refractivity contribution >= 4 is 15.7 Å². The standard InChI is InChI=1S/C22H21N5O6S/c1-30-16-4-2-15(3-5-16)22-25-24-20-8-9-21(26-27(20)22)33-11-10-23-34(28,29)17-6-7-18-19(14-17)32-13-12-31-18/h2-9,14,23H,10-13H2,1H3. The van der Waals surface area contributed by atoms with Gasteiger partial charge >= 0.3 is 0 Å². The van der Waals surface area contributed by atoms with E-state index in [0.717, 1.165) is 11.3 Å². The number of fused-ring (bicyclic) bond motifs is 2. The molecule has 0 amide bonds. The summed E-state index contributed by atoms with van der Waals surface area (Å²) >= 11 is 0. The maximum Gasteiger partial charge on any atom is 0.240 e. The molecule has 0 radical (unpaired) electrons. The van der Waals surface area contributed by atoms with Crippen LogP contribution in [0.2, 0.25) is 0 Å². The number of hydrogen-bond acceptors (Lipinski definition) is 9. The van der Waals surface area contributed by atoms with Crippen LogP contribution in [0, 0.1) is 0 Å². The molecule has 2 aromatic heterocycles. The lowest BCUT2D eigenvalue weighted by Gasteiger charge is -2.18. The fourth-order valence-electron chi connectivity index (χ4n) is 3.37. The number of nitrogens with one attached hydrogen (secondary N) is 1. The van der Waals surface area contributed by atoms with Crippen LogP contribution in [0.15, 0.2) is 59.5 Å². The second-order valence-electron chi connectivity index (χ2n) is 7.25. The van der Waals surface area contributed by atoms with Crippen LogP contribution >= 0.6 is 0 Å². The molecule has 4 aromatic rings. The summed E-state index contributed by atoms with van der Waals surface area (Å²) < 4.78 is 51.0. The Morgan fingerprint density at radius 3 is 2.59 bits per heavy atom. The van der Waals surface area contributed by atoms with Gasteiger partial charge in [-0.25, -0.2) is 13.1 Å². The number of aromatic nitrogens is 4. The maximum atomic E-state index is 12.6. The highest BCUT2D eigenvalue weighted by molar-refractivity contribution is 7.89. The van der Waals surface area contributed by atoms with Crippen molar-refractivity contribution in [2.75, 3.05) is 33.5 Å². The fraction of sp³-hybridized carbons (Fsp3) is 0.227. The summed E-state index contributed by atoms with van der Waals surface area (Å²) in [5, 5.41) is 12.7. The van der Waals surface area contributed by atoms with Gasteiger partial charge in [-0.15, -0.1) is 15.3 Å². The van der Waals surface area contributed by atoms with Crippen molar-refractivity contribution in [1.29, 1.82) is 0 Å². The van der Waals surface area contributed by atoms with E-state index in [1.54, 1.807) is 29.8 Å². The van der Waals surface area contributed by atoms with Gasteiger partial charge in [0.15, 0.2) is 23.0 Å². The van der Waals surface area contributed by atoms with E-state index < -0.39 is 10.0 Å². The molecular formula is C22H21N5O6S. The third kappa shape index (κ3) is 4.45. The van der Waals surface area contributed by atoms with Crippen LogP contribution in [-0.2, 0) is 10.0 Å². The molecule has 1 aliphatic heterocycles. The predicted molar refractivity (Wildman–Crippen MR) is 121 cm³/mol. The largest absolute Gasteiger partial charge is 0.497 e. The molecule has 0 atom stereocenters. The van der Waals surface area contributed by atoms with Gasteiger partial charge in [0.05, 0.1) is 12.0 Å². The van der Waals surface area contributed by atoms with Gasteiger partial charge in [-0.05, 0) is 42.5 Å². The average Bonchev–Trinajstić information content (AvgIpc) is 3.29. The first-order chi connectivity index (χ1) is 16.5. The highest BCUT2D eigenvalue weighted by Gasteiger charge is 2.19. The molecule has 0 spiro atoms. The summed E-state index contributed by atoms with van der Waals surface area (Å²) in [7, 11) is -2.14. The molecule has 34 heavy (non-hydrogen) atoms. The summed E-state index contributed by atoms with van der Waals surface area (Å²) in [5.74, 6) is 2.51. The first-order valence-electron chi connectivity index (χ1n) is 10.4. The first kappa shape index (κ1) is 21.9. The third-order valence-electron chi connectivity index (χ3n) is 5.05. The van der Waals surface area contributed by atoms with Gasteiger partial charge in [0.2, 0.25) is 15.9 Å². The van der Waals surface area contributed by atoms with Crippen LogP contribution in [0.4, 0.5) is 0 Å². The molecule has 0 aliphatic carbocycles. The second-order valence-corrected chi connectivity index (χ2v) is 9.01. The zero-order chi connectivity index (χ0) is 23.5. The topological polar surface area (TPSA) is 126 Å². The Morgan fingerprint density at radius 1 is 1.00 bits per heavy atom. The van der Waals surface area contributed by atoms with Gasteiger partial charge < -0.3 is 18.9 Å². The number of methoxy groups -OCH3 is 1. The van der Waals surface area contributed by atoms with E-state index in [9.17, 15) is 8.42 Å². The molecule has 5 rings (SSSR count). The van der Waals surface area contributed by atoms with Gasteiger partial charge in [-0.3, -0.25) is 0 Å². The van der Waals surface area contributed by atoms with Crippen LogP contribution in [-0.4, -0.2) is 61.7 Å². The molecule has 3 heterocycles. The predicted octanol–water partition coefficient (Wildman–Crippen LogP) is 1.93. The molecule has 0 saturated heterocycles. The molecule has 12 heteroatoms. The lowest BCUT2D eigenvalue weighted by molar-refractivity contribution is 0.171. The minimum atomic E-state index is -3.74. The minimum Gasteiger partial charge on any atom is -0.497 e. The zero-order valence-electron chi connectivity index (χ0n) is 18.2. The van der Waals surface area contributed by atoms with E-state index in [-0.39, 0.29) is 18.0 Å². The summed E-state index contributed by atoms with van der Waals surface area (Å²) in [6, 6.07) is 15.2. The highest BCUT2D eigenvalue weighted by Crippen LogP contribution is 2.32. The average molecular weight is 484 g/mol. The quantitative estimate of drug-likeness (QED) is 0.374. The van der Waals surface area contributed by atoms with Crippen molar-refractivity contribution < 1.29 is 27.4 Å². The van der Waals surface area contributed by atoms with Crippen LogP contribution in [0.25, 0.3) is 17.0 Å². The maximum absolute atomic E-state index is 12.6. The van der Waals surface area contributed by atoms with Gasteiger partial charge in [0.1, 0.15) is 25.6 Å². The molecule has 0 saturated carbocycles. The van der Waals surface area contributed by atoms with E-state index in [4.69, 9.17) is 18.9 Å². The van der Waals surface area contributed by atoms with Crippen molar-refractivity contribution in [2.24, 2.45) is 0 Å². The molecule has 11 nitrogen and oxygen atoms in total. The van der Waals surface area contributed by atoms with Crippen molar-refractivity contribution in [2.45, 2.75) is 4.90 Å². The van der Waals surface area contributed by atoms with Crippen LogP contribution in [0.5, 0.6) is 23.1 Å². The van der Waals surface area contributed by atoms with Gasteiger partial charge in [0.25, 0.3) is 0 Å². The number of sulfonamides is 1. The molecule has 0 bridgehead atoms. The van der Waals surface area contributed by atoms with Crippen molar-refractivity contribution in [3.8, 4) is 34.5 Å². The lowest BCUT2D eigenvalue weighted by atomic mass is 10.2. The van der Waals surface area contributed by atoms with Crippen LogP contribution in [0.1, 0.15) is 0 Å². The highest BCUT2D eigenvalue weighted by atomic mass is 32.2. The number of ether oxygens (including phenoxy) is 4. The van der Waals surface area contributed by atoms with Gasteiger partial charge in [0, 0.05) is 24.2 Å². The molecule has 2 aromatic carbocycles. The van der Waals surface area contributed by atoms with E-state index >= 15 is 0 Å². The summed E-state index contributed by atoms with van der Waals surface area (Å²) in [6.07, 6.45) is 0. The van der Waals surface area contributed by atoms with E-state index in [1.165, 1.54) is 12.1 Å². The van der Waals surface area contributed by atoms with Crippen molar-refractivity contribution in [3.05, 3.63) is 54.6 Å². The van der Waals surface area contributed by atoms with Crippen LogP contribution < -0.4 is 23.7 Å². The number of hydrogen-bond donors (Lipinski definition) is 1. The molecule has 1 N–H and O–H groups in total. The van der Waals surface area contributed by atoms with Crippen LogP contribution in [0.3, 0.4) is 0 Å². The monoisotopic (exact) mass is 483 g/mol. The number of nitrogens with zero attached hydrogens (tertiary/aromatic N) is 4. The Kier molecular flexibility index (Phi) is 5.90. The number of benzene rings is 2. The molecular weight excluding hydrogens is 462 g/mol. The molecule has 1 aliphatic rings. The van der Waals surface area contributed by atoms with E-state index in [1.807, 2.05) is 24.3 Å². The minimum absolute atomic E-state index is 0.0456. The summed E-state index contributed by atoms with van der Waals surface area (Å²) in [6.45, 7) is 0.930. The first-order valence-corrected chi connectivity index (χ1v) is 11.9. The fourth-order valence-corrected chi connectivity index (χ4v) is 4.40. The van der Waals surface area contributed by atoms with Gasteiger partial charge in [-0.1, -0.05) is 0 Å². The van der Waals surface area contributed by atoms with E-state index in [2.05, 4.69) is 20.0 Å². The Hall–Kier alpha value is -3.90. The smallest absolute Gasteiger partial charge is 0.240 e. The number of rotatable bonds is 8. The Balaban J connectivity index is 1.23. The summed E-state index contributed by atoms with van der Waals surface area (Å²) in [4.78, 5) is 0.0879. The lowest BCUT2D eigenvalue weighted by Crippen LogP contribution is -2.28. The normalized spacial score (nSPS) is 13.1. The third-order valence-corrected chi connectivity index (χ3v) is 6.51. The Labute approximate surface area is 195 Å². The van der Waals surface area contributed by atoms with Gasteiger partial charge in [-0.2, -0.15) is 4.52 Å². The SMILES string of the molecule is COc1ccc(-c2nnc3ccc(OCCNS(=O)(=O)c4ccc5c(c4)OCCO5)nn23)cc1. The zero-order valence-corrected chi connectivity index (χ0v) is 19.0. The molecule has 0 fully saturated rings. The van der Waals surface area contributed by atoms with E-state index in [0.29, 0.717) is 42.1 Å². The Morgan fingerprint density at radius 2 is 1.79 bits per heavy atom. The summed E-state index contributed by atoms with van der Waals surface area (Å²) in [5.41, 5.74) is 1.36. The molecule has 176 valence electrons.